The third kappa shape index (κ3) is 4.28. The van der Waals surface area contributed by atoms with Crippen molar-refractivity contribution in [2.45, 2.75) is 18.2 Å². The van der Waals surface area contributed by atoms with Gasteiger partial charge in [-0.05, 0) is 41.9 Å². The zero-order chi connectivity index (χ0) is 20.5. The maximum absolute atomic E-state index is 11.6. The number of nitrogens with zero attached hydrogens (tertiary/aromatic N) is 3. The summed E-state index contributed by atoms with van der Waals surface area (Å²) in [6.45, 7) is 1.67. The molecule has 0 fully saturated rings. The highest BCUT2D eigenvalue weighted by Crippen LogP contribution is 2.38. The second kappa shape index (κ2) is 7.80. The molecular formula is C16H14ClN5O4S2. The molecule has 0 radical (unpaired) electrons. The highest BCUT2D eigenvalue weighted by atomic mass is 35.5. The molecule has 146 valence electrons. The van der Waals surface area contributed by atoms with Crippen LogP contribution in [0.15, 0.2) is 45.5 Å². The molecule has 3 rings (SSSR count). The molecule has 12 heteroatoms. The van der Waals surface area contributed by atoms with Crippen LogP contribution in [0.4, 0.5) is 16.4 Å². The second-order valence-corrected chi connectivity index (χ2v) is 8.36. The molecule has 4 N–H and O–H groups in total. The molecular weight excluding hydrogens is 426 g/mol. The van der Waals surface area contributed by atoms with E-state index in [0.717, 1.165) is 11.5 Å². The summed E-state index contributed by atoms with van der Waals surface area (Å²) in [6.07, 6.45) is 0.224. The van der Waals surface area contributed by atoms with Gasteiger partial charge < -0.3 is 10.4 Å². The van der Waals surface area contributed by atoms with Gasteiger partial charge in [-0.1, -0.05) is 18.5 Å². The smallest absolute Gasteiger partial charge is 0.238 e. The predicted molar refractivity (Wildman–Crippen MR) is 107 cm³/mol. The molecule has 9 nitrogen and oxygen atoms in total. The molecule has 28 heavy (non-hydrogen) atoms. The lowest BCUT2D eigenvalue weighted by Gasteiger charge is -2.08. The number of hydrogen-bond acceptors (Lipinski definition) is 8. The molecule has 1 aromatic heterocycles. The number of fused-ring (bicyclic) bond motifs is 1. The maximum Gasteiger partial charge on any atom is 0.238 e. The first-order valence-corrected chi connectivity index (χ1v) is 10.5. The topological polar surface area (TPSA) is 147 Å². The van der Waals surface area contributed by atoms with Gasteiger partial charge in [-0.2, -0.15) is 4.37 Å². The fourth-order valence-electron chi connectivity index (χ4n) is 2.24. The van der Waals surface area contributed by atoms with Gasteiger partial charge in [-0.25, -0.2) is 13.6 Å². The third-order valence-corrected chi connectivity index (χ3v) is 5.62. The van der Waals surface area contributed by atoms with Crippen LogP contribution in [-0.4, -0.2) is 23.8 Å². The minimum absolute atomic E-state index is 0.00599. The van der Waals surface area contributed by atoms with E-state index >= 15 is 0 Å². The standard InChI is InChI=1S/C16H14ClN5O4S2/c1-2-14(23)19-13-6-8(5-11(17)15(13)24)20-21-16-10-7-9(28(18,25)26)3-4-12(10)22-27-16/h3-7,24H,2H2,1H3,(H,19,23)(H2,18,25,26)/b21-20+. The molecule has 1 amide bonds. The van der Waals surface area contributed by atoms with Gasteiger partial charge in [-0.3, -0.25) is 4.79 Å². The van der Waals surface area contributed by atoms with E-state index in [9.17, 15) is 18.3 Å². The van der Waals surface area contributed by atoms with Crippen LogP contribution in [0, 0.1) is 0 Å². The van der Waals surface area contributed by atoms with Crippen LogP contribution in [-0.2, 0) is 14.8 Å². The van der Waals surface area contributed by atoms with Crippen molar-refractivity contribution in [1.29, 1.82) is 0 Å². The Hall–Kier alpha value is -2.60. The summed E-state index contributed by atoms with van der Waals surface area (Å²) in [7, 11) is -3.87. The number of amides is 1. The lowest BCUT2D eigenvalue weighted by molar-refractivity contribution is -0.115. The summed E-state index contributed by atoms with van der Waals surface area (Å²) in [5.74, 6) is -0.576. The quantitative estimate of drug-likeness (QED) is 0.405. The Labute approximate surface area is 169 Å². The highest BCUT2D eigenvalue weighted by molar-refractivity contribution is 7.89. The van der Waals surface area contributed by atoms with E-state index in [1.54, 1.807) is 6.92 Å². The Morgan fingerprint density at radius 1 is 1.32 bits per heavy atom. The number of azo groups is 1. The van der Waals surface area contributed by atoms with E-state index in [0.29, 0.717) is 15.9 Å². The number of nitrogens with one attached hydrogen (secondary N) is 1. The fraction of sp³-hybridized carbons (Fsp3) is 0.125. The van der Waals surface area contributed by atoms with Crippen molar-refractivity contribution in [1.82, 2.24) is 4.37 Å². The number of halogens is 1. The first-order valence-electron chi connectivity index (χ1n) is 7.85. The fourth-order valence-corrected chi connectivity index (χ4v) is 3.67. The van der Waals surface area contributed by atoms with Gasteiger partial charge in [-0.15, -0.1) is 10.2 Å². The zero-order valence-corrected chi connectivity index (χ0v) is 16.8. The molecule has 1 heterocycles. The minimum atomic E-state index is -3.87. The summed E-state index contributed by atoms with van der Waals surface area (Å²) in [4.78, 5) is 11.5. The number of primary sulfonamides is 1. The molecule has 0 spiro atoms. The number of nitrogens with two attached hydrogens (primary N) is 1. The van der Waals surface area contributed by atoms with Gasteiger partial charge >= 0.3 is 0 Å². The molecule has 0 bridgehead atoms. The van der Waals surface area contributed by atoms with Crippen molar-refractivity contribution in [3.05, 3.63) is 35.4 Å². The van der Waals surface area contributed by atoms with E-state index in [2.05, 4.69) is 19.9 Å². The van der Waals surface area contributed by atoms with Crippen LogP contribution in [0.2, 0.25) is 5.02 Å². The van der Waals surface area contributed by atoms with Crippen LogP contribution >= 0.6 is 23.1 Å². The SMILES string of the molecule is CCC(=O)Nc1cc(/N=N/c2snc3ccc(S(N)(=O)=O)cc23)cc(Cl)c1O. The maximum atomic E-state index is 11.6. The van der Waals surface area contributed by atoms with Gasteiger partial charge in [0, 0.05) is 11.8 Å². The van der Waals surface area contributed by atoms with Crippen molar-refractivity contribution < 1.29 is 18.3 Å². The summed E-state index contributed by atoms with van der Waals surface area (Å²) in [5.41, 5.74) is 0.934. The van der Waals surface area contributed by atoms with E-state index < -0.39 is 10.0 Å². The number of carbonyl (C=O) groups is 1. The van der Waals surface area contributed by atoms with Gasteiger partial charge in [0.25, 0.3) is 0 Å². The third-order valence-electron chi connectivity index (χ3n) is 3.66. The van der Waals surface area contributed by atoms with Crippen molar-refractivity contribution in [2.75, 3.05) is 5.32 Å². The normalized spacial score (nSPS) is 12.0. The Kier molecular flexibility index (Phi) is 5.61. The molecule has 0 aliphatic carbocycles. The number of aromatic hydroxyl groups is 1. The zero-order valence-electron chi connectivity index (χ0n) is 14.4. The number of aromatic nitrogens is 1. The van der Waals surface area contributed by atoms with E-state index in [1.807, 2.05) is 0 Å². The van der Waals surface area contributed by atoms with Crippen LogP contribution in [0.3, 0.4) is 0 Å². The summed E-state index contributed by atoms with van der Waals surface area (Å²) >= 11 is 7.01. The number of benzene rings is 2. The van der Waals surface area contributed by atoms with Crippen molar-refractivity contribution in [3.63, 3.8) is 0 Å². The molecule has 0 saturated heterocycles. The largest absolute Gasteiger partial charge is 0.504 e. The lowest BCUT2D eigenvalue weighted by Crippen LogP contribution is -2.11. The van der Waals surface area contributed by atoms with Gasteiger partial charge in [0.1, 0.15) is 0 Å². The summed E-state index contributed by atoms with van der Waals surface area (Å²) in [5, 5.41) is 26.6. The predicted octanol–water partition coefficient (Wildman–Crippen LogP) is 4.07. The highest BCUT2D eigenvalue weighted by Gasteiger charge is 2.14. The van der Waals surface area contributed by atoms with Crippen LogP contribution in [0.25, 0.3) is 10.9 Å². The molecule has 0 saturated carbocycles. The van der Waals surface area contributed by atoms with Gasteiger partial charge in [0.2, 0.25) is 15.9 Å². The molecule has 0 aliphatic rings. The van der Waals surface area contributed by atoms with E-state index in [1.165, 1.54) is 30.3 Å². The van der Waals surface area contributed by atoms with Crippen molar-refractivity contribution in [3.8, 4) is 5.75 Å². The van der Waals surface area contributed by atoms with Gasteiger partial charge in [0.05, 0.1) is 26.8 Å². The first-order chi connectivity index (χ1) is 13.2. The molecule has 0 atom stereocenters. The van der Waals surface area contributed by atoms with Crippen LogP contribution < -0.4 is 10.5 Å². The number of phenols is 1. The Balaban J connectivity index is 1.99. The Morgan fingerprint density at radius 3 is 2.75 bits per heavy atom. The minimum Gasteiger partial charge on any atom is -0.504 e. The molecule has 0 aliphatic heterocycles. The molecule has 0 unspecified atom stereocenters. The van der Waals surface area contributed by atoms with Gasteiger partial charge in [0.15, 0.2) is 10.8 Å². The number of sulfonamides is 1. The summed E-state index contributed by atoms with van der Waals surface area (Å²) in [6, 6.07) is 7.05. The lowest BCUT2D eigenvalue weighted by atomic mass is 10.2. The molecule has 2 aromatic carbocycles. The average molecular weight is 440 g/mol. The monoisotopic (exact) mass is 439 g/mol. The van der Waals surface area contributed by atoms with Crippen molar-refractivity contribution in [2.24, 2.45) is 15.4 Å². The van der Waals surface area contributed by atoms with Crippen molar-refractivity contribution >= 4 is 66.3 Å². The van der Waals surface area contributed by atoms with E-state index in [-0.39, 0.29) is 39.4 Å². The molecule has 3 aromatic rings. The van der Waals surface area contributed by atoms with E-state index in [4.69, 9.17) is 16.7 Å². The Bertz CT molecular complexity index is 1210. The number of anilines is 1. The van der Waals surface area contributed by atoms with Crippen LogP contribution in [0.1, 0.15) is 13.3 Å². The summed E-state index contributed by atoms with van der Waals surface area (Å²) < 4.78 is 27.3. The van der Waals surface area contributed by atoms with Crippen LogP contribution in [0.5, 0.6) is 5.75 Å². The first kappa shape index (κ1) is 20.1. The number of carbonyl (C=O) groups excluding carboxylic acids is 1. The number of phenolic OH excluding ortho intramolecular Hbond substituents is 1. The Morgan fingerprint density at radius 2 is 2.07 bits per heavy atom. The second-order valence-electron chi connectivity index (χ2n) is 5.64. The average Bonchev–Trinajstić information content (AvgIpc) is 3.05. The number of hydrogen-bond donors (Lipinski definition) is 3. The number of rotatable bonds is 5.